The van der Waals surface area contributed by atoms with Gasteiger partial charge in [-0.05, 0) is 113 Å². The lowest BCUT2D eigenvalue weighted by molar-refractivity contribution is 0.332. The molecule has 0 fully saturated rings. The third kappa shape index (κ3) is 5.61. The lowest BCUT2D eigenvalue weighted by Crippen LogP contribution is -2.35. The van der Waals surface area contributed by atoms with Crippen molar-refractivity contribution in [3.63, 3.8) is 0 Å². The van der Waals surface area contributed by atoms with E-state index in [1.165, 1.54) is 46.5 Å². The zero-order chi connectivity index (χ0) is 31.7. The maximum atomic E-state index is 2.45. The second-order valence-corrected chi connectivity index (χ2v) is 13.7. The molecule has 0 N–H and O–H groups in total. The normalized spacial score (nSPS) is 14.7. The molecule has 0 unspecified atom stereocenters. The van der Waals surface area contributed by atoms with E-state index >= 15 is 0 Å². The van der Waals surface area contributed by atoms with Crippen LogP contribution in [0.5, 0.6) is 0 Å². The summed E-state index contributed by atoms with van der Waals surface area (Å²) >= 11 is 0. The van der Waals surface area contributed by atoms with Gasteiger partial charge in [-0.2, -0.15) is 0 Å². The molecule has 6 aromatic carbocycles. The van der Waals surface area contributed by atoms with Crippen LogP contribution in [-0.4, -0.2) is 0 Å². The summed E-state index contributed by atoms with van der Waals surface area (Å²) in [5, 5.41) is 0. The molecule has 0 bridgehead atoms. The van der Waals surface area contributed by atoms with Crippen LogP contribution >= 0.6 is 0 Å². The van der Waals surface area contributed by atoms with E-state index in [4.69, 9.17) is 0 Å². The summed E-state index contributed by atoms with van der Waals surface area (Å²) in [5.41, 5.74) is 12.6. The lowest BCUT2D eigenvalue weighted by atomic mass is 9.62. The van der Waals surface area contributed by atoms with Gasteiger partial charge in [0.2, 0.25) is 0 Å². The van der Waals surface area contributed by atoms with Crippen LogP contribution in [0.2, 0.25) is 0 Å². The summed E-state index contributed by atoms with van der Waals surface area (Å²) < 4.78 is 0. The van der Waals surface area contributed by atoms with E-state index in [9.17, 15) is 0 Å². The minimum Gasteiger partial charge on any atom is -0.310 e. The number of anilines is 6. The average molecular weight is 599 g/mol. The number of rotatable bonds is 7. The van der Waals surface area contributed by atoms with E-state index in [1.54, 1.807) is 0 Å². The molecule has 0 spiro atoms. The fraction of sp³-hybridized carbons (Fsp3) is 0.182. The Morgan fingerprint density at radius 3 is 1.46 bits per heavy atom. The Morgan fingerprint density at radius 1 is 0.391 bits per heavy atom. The van der Waals surface area contributed by atoms with E-state index in [-0.39, 0.29) is 10.8 Å². The first-order valence-electron chi connectivity index (χ1n) is 16.4. The van der Waals surface area contributed by atoms with Gasteiger partial charge in [-0.15, -0.1) is 0 Å². The first kappa shape index (κ1) is 29.6. The van der Waals surface area contributed by atoms with E-state index in [1.807, 2.05) is 0 Å². The highest BCUT2D eigenvalue weighted by Crippen LogP contribution is 2.51. The van der Waals surface area contributed by atoms with Crippen LogP contribution in [0.25, 0.3) is 11.1 Å². The molecule has 0 saturated carbocycles. The van der Waals surface area contributed by atoms with Crippen molar-refractivity contribution in [2.24, 2.45) is 0 Å². The molecular weight excluding hydrogens is 556 g/mol. The molecule has 0 aromatic heterocycles. The molecule has 0 atom stereocenters. The van der Waals surface area contributed by atoms with Crippen molar-refractivity contribution in [3.05, 3.63) is 169 Å². The third-order valence-corrected chi connectivity index (χ3v) is 9.67. The van der Waals surface area contributed by atoms with Gasteiger partial charge in [-0.1, -0.05) is 119 Å². The van der Waals surface area contributed by atoms with Crippen molar-refractivity contribution >= 4 is 34.1 Å². The van der Waals surface area contributed by atoms with Crippen LogP contribution < -0.4 is 9.80 Å². The van der Waals surface area contributed by atoms with Crippen molar-refractivity contribution in [2.45, 2.75) is 51.4 Å². The van der Waals surface area contributed by atoms with Gasteiger partial charge >= 0.3 is 0 Å². The number of para-hydroxylation sites is 3. The number of hydrogen-bond acceptors (Lipinski definition) is 2. The highest BCUT2D eigenvalue weighted by atomic mass is 15.1. The molecule has 46 heavy (non-hydrogen) atoms. The minimum atomic E-state index is 0.0816. The Morgan fingerprint density at radius 2 is 0.870 bits per heavy atom. The van der Waals surface area contributed by atoms with Crippen LogP contribution in [0.3, 0.4) is 0 Å². The Balaban J connectivity index is 1.30. The highest BCUT2D eigenvalue weighted by molar-refractivity contribution is 5.83. The third-order valence-electron chi connectivity index (χ3n) is 9.67. The van der Waals surface area contributed by atoms with E-state index < -0.39 is 0 Å². The topological polar surface area (TPSA) is 6.48 Å². The fourth-order valence-electron chi connectivity index (χ4n) is 7.12. The lowest BCUT2D eigenvalue weighted by Gasteiger charge is -2.44. The Kier molecular flexibility index (Phi) is 7.74. The molecule has 0 radical (unpaired) electrons. The molecule has 6 aromatic rings. The van der Waals surface area contributed by atoms with E-state index in [0.29, 0.717) is 0 Å². The number of hydrogen-bond donors (Lipinski definition) is 0. The first-order valence-corrected chi connectivity index (χ1v) is 16.4. The number of benzene rings is 6. The number of fused-ring (bicyclic) bond motifs is 1. The summed E-state index contributed by atoms with van der Waals surface area (Å²) in [7, 11) is 0. The van der Waals surface area contributed by atoms with Crippen molar-refractivity contribution < 1.29 is 0 Å². The van der Waals surface area contributed by atoms with Gasteiger partial charge in [0.05, 0.1) is 5.69 Å². The minimum absolute atomic E-state index is 0.0816. The smallest absolute Gasteiger partial charge is 0.0502 e. The standard InChI is InChI=1S/C44H42N2/c1-43(2)30-31-44(3,4)42-40(43)24-15-25-41(42)46(37-21-12-7-13-22-37)38-28-26-33(27-29-38)34-16-14-23-39(32-34)45(35-17-8-5-9-18-35)36-19-10-6-11-20-36/h5-29,32H,30-31H2,1-4H3. The average Bonchev–Trinajstić information content (AvgIpc) is 3.09. The van der Waals surface area contributed by atoms with Gasteiger partial charge in [0.25, 0.3) is 0 Å². The Labute approximate surface area is 274 Å². The molecule has 228 valence electrons. The van der Waals surface area contributed by atoms with Crippen LogP contribution in [0.4, 0.5) is 34.1 Å². The van der Waals surface area contributed by atoms with Gasteiger partial charge in [0.1, 0.15) is 0 Å². The second kappa shape index (κ2) is 12.0. The molecule has 2 nitrogen and oxygen atoms in total. The van der Waals surface area contributed by atoms with Gasteiger partial charge < -0.3 is 9.80 Å². The van der Waals surface area contributed by atoms with Crippen molar-refractivity contribution in [2.75, 3.05) is 9.80 Å². The van der Waals surface area contributed by atoms with Gasteiger partial charge in [0.15, 0.2) is 0 Å². The second-order valence-electron chi connectivity index (χ2n) is 13.7. The Bertz CT molecular complexity index is 1880. The molecule has 1 aliphatic rings. The Hall–Kier alpha value is -5.08. The first-order chi connectivity index (χ1) is 22.3. The van der Waals surface area contributed by atoms with Gasteiger partial charge in [0, 0.05) is 28.4 Å². The molecule has 0 heterocycles. The molecule has 0 saturated heterocycles. The molecular formula is C44H42N2. The summed E-state index contributed by atoms with van der Waals surface area (Å²) in [6, 6.07) is 56.8. The van der Waals surface area contributed by atoms with E-state index in [2.05, 4.69) is 195 Å². The van der Waals surface area contributed by atoms with E-state index in [0.717, 1.165) is 22.7 Å². The summed E-state index contributed by atoms with van der Waals surface area (Å²) in [6.45, 7) is 9.63. The SMILES string of the molecule is CC1(C)CCC(C)(C)c2c(N(c3ccccc3)c3ccc(-c4cccc(N(c5ccccc5)c5ccccc5)c4)cc3)cccc21. The van der Waals surface area contributed by atoms with Crippen LogP contribution in [0.15, 0.2) is 158 Å². The maximum absolute atomic E-state index is 2.45. The van der Waals surface area contributed by atoms with Gasteiger partial charge in [-0.25, -0.2) is 0 Å². The van der Waals surface area contributed by atoms with Crippen LogP contribution in [-0.2, 0) is 10.8 Å². The highest BCUT2D eigenvalue weighted by Gasteiger charge is 2.39. The van der Waals surface area contributed by atoms with Crippen molar-refractivity contribution in [1.82, 2.24) is 0 Å². The summed E-state index contributed by atoms with van der Waals surface area (Å²) in [6.07, 6.45) is 2.37. The molecule has 0 amide bonds. The fourth-order valence-corrected chi connectivity index (χ4v) is 7.12. The predicted molar refractivity (Wildman–Crippen MR) is 197 cm³/mol. The molecule has 2 heteroatoms. The quantitative estimate of drug-likeness (QED) is 0.180. The maximum Gasteiger partial charge on any atom is 0.0502 e. The molecule has 1 aliphatic carbocycles. The zero-order valence-electron chi connectivity index (χ0n) is 27.3. The van der Waals surface area contributed by atoms with Crippen LogP contribution in [0, 0.1) is 0 Å². The summed E-state index contributed by atoms with van der Waals surface area (Å²) in [5.74, 6) is 0. The van der Waals surface area contributed by atoms with Crippen molar-refractivity contribution in [1.29, 1.82) is 0 Å². The summed E-state index contributed by atoms with van der Waals surface area (Å²) in [4.78, 5) is 4.77. The van der Waals surface area contributed by atoms with Crippen LogP contribution in [0.1, 0.15) is 51.7 Å². The number of nitrogens with zero attached hydrogens (tertiary/aromatic N) is 2. The van der Waals surface area contributed by atoms with Crippen molar-refractivity contribution in [3.8, 4) is 11.1 Å². The molecule has 7 rings (SSSR count). The monoisotopic (exact) mass is 598 g/mol. The largest absolute Gasteiger partial charge is 0.310 e. The zero-order valence-corrected chi connectivity index (χ0v) is 27.3. The molecule has 0 aliphatic heterocycles. The predicted octanol–water partition coefficient (Wildman–Crippen LogP) is 12.6. The van der Waals surface area contributed by atoms with Gasteiger partial charge in [-0.3, -0.25) is 0 Å².